The minimum atomic E-state index is 0.317. The van der Waals surface area contributed by atoms with Crippen LogP contribution in [-0.4, -0.2) is 34.8 Å². The smallest absolute Gasteiger partial charge is 0.231 e. The molecule has 0 unspecified atom stereocenters. The highest BCUT2D eigenvalue weighted by molar-refractivity contribution is 5.57. The van der Waals surface area contributed by atoms with Crippen molar-refractivity contribution in [1.29, 1.82) is 0 Å². The number of benzene rings is 1. The number of imidazole rings is 1. The number of piperidine rings is 1. The molecule has 2 aromatic heterocycles. The van der Waals surface area contributed by atoms with E-state index in [1.54, 1.807) is 6.20 Å². The lowest BCUT2D eigenvalue weighted by molar-refractivity contribution is 0.174. The second-order valence-corrected chi connectivity index (χ2v) is 6.70. The van der Waals surface area contributed by atoms with Crippen molar-refractivity contribution >= 4 is 5.69 Å². The van der Waals surface area contributed by atoms with Gasteiger partial charge in [-0.3, -0.25) is 4.98 Å². The van der Waals surface area contributed by atoms with E-state index in [0.29, 0.717) is 12.7 Å². The Hall–Kier alpha value is -3.02. The molecule has 0 bridgehead atoms. The van der Waals surface area contributed by atoms with Crippen LogP contribution in [0, 0.1) is 0 Å². The second kappa shape index (κ2) is 6.37. The predicted octanol–water partition coefficient (Wildman–Crippen LogP) is 3.58. The van der Waals surface area contributed by atoms with E-state index in [4.69, 9.17) is 9.47 Å². The number of fused-ring (bicyclic) bond motifs is 1. The number of aromatic amines is 1. The number of hydrogen-bond donors (Lipinski definition) is 1. The van der Waals surface area contributed by atoms with Gasteiger partial charge in [-0.2, -0.15) is 0 Å². The Labute approximate surface area is 151 Å². The van der Waals surface area contributed by atoms with E-state index in [9.17, 15) is 0 Å². The monoisotopic (exact) mass is 348 g/mol. The minimum absolute atomic E-state index is 0.317. The standard InChI is InChI=1S/C20H20N4O2/c1-2-8-21-16(3-1)17-12-22-20(23-17)14-6-9-24(10-7-14)15-4-5-18-19(11-15)26-13-25-18/h1-5,8,11-12,14H,6-7,9-10,13H2,(H,22,23). The Kier molecular flexibility index (Phi) is 3.74. The van der Waals surface area contributed by atoms with E-state index in [2.05, 4.69) is 32.0 Å². The SMILES string of the molecule is c1ccc(-c2cnc(C3CCN(c4ccc5c(c4)OCO5)CC3)[nH]2)nc1. The molecule has 1 fully saturated rings. The fourth-order valence-corrected chi connectivity index (χ4v) is 3.69. The Morgan fingerprint density at radius 3 is 2.73 bits per heavy atom. The van der Waals surface area contributed by atoms with Crippen LogP contribution in [0.3, 0.4) is 0 Å². The van der Waals surface area contributed by atoms with E-state index < -0.39 is 0 Å². The van der Waals surface area contributed by atoms with Gasteiger partial charge in [0.1, 0.15) is 5.82 Å². The van der Waals surface area contributed by atoms with Crippen molar-refractivity contribution < 1.29 is 9.47 Å². The normalized spacial score (nSPS) is 16.8. The van der Waals surface area contributed by atoms with Gasteiger partial charge in [0, 0.05) is 37.0 Å². The maximum Gasteiger partial charge on any atom is 0.231 e. The van der Waals surface area contributed by atoms with Crippen LogP contribution in [0.1, 0.15) is 24.6 Å². The fourth-order valence-electron chi connectivity index (χ4n) is 3.69. The van der Waals surface area contributed by atoms with Gasteiger partial charge in [0.2, 0.25) is 6.79 Å². The number of rotatable bonds is 3. The van der Waals surface area contributed by atoms with Gasteiger partial charge in [0.05, 0.1) is 17.6 Å². The average Bonchev–Trinajstić information content (AvgIpc) is 3.38. The summed E-state index contributed by atoms with van der Waals surface area (Å²) in [6.45, 7) is 2.33. The van der Waals surface area contributed by atoms with Crippen molar-refractivity contribution in [2.45, 2.75) is 18.8 Å². The lowest BCUT2D eigenvalue weighted by Crippen LogP contribution is -2.33. The average molecular weight is 348 g/mol. The zero-order valence-electron chi connectivity index (χ0n) is 14.4. The van der Waals surface area contributed by atoms with Crippen LogP contribution in [0.2, 0.25) is 0 Å². The summed E-state index contributed by atoms with van der Waals surface area (Å²) in [7, 11) is 0. The van der Waals surface area contributed by atoms with Crippen LogP contribution in [0.5, 0.6) is 11.5 Å². The molecule has 6 heteroatoms. The maximum atomic E-state index is 5.50. The van der Waals surface area contributed by atoms with Crippen LogP contribution >= 0.6 is 0 Å². The molecule has 0 spiro atoms. The second-order valence-electron chi connectivity index (χ2n) is 6.70. The lowest BCUT2D eigenvalue weighted by atomic mass is 9.95. The first-order chi connectivity index (χ1) is 12.9. The third-order valence-electron chi connectivity index (χ3n) is 5.14. The number of ether oxygens (including phenoxy) is 2. The number of pyridine rings is 1. The van der Waals surface area contributed by atoms with Gasteiger partial charge in [-0.1, -0.05) is 6.07 Å². The molecule has 0 amide bonds. The molecule has 132 valence electrons. The number of nitrogens with zero attached hydrogens (tertiary/aromatic N) is 3. The molecule has 5 rings (SSSR count). The van der Waals surface area contributed by atoms with Gasteiger partial charge in [-0.05, 0) is 37.1 Å². The lowest BCUT2D eigenvalue weighted by Gasteiger charge is -2.33. The summed E-state index contributed by atoms with van der Waals surface area (Å²) in [6.07, 6.45) is 5.84. The van der Waals surface area contributed by atoms with Crippen molar-refractivity contribution in [2.75, 3.05) is 24.8 Å². The Morgan fingerprint density at radius 1 is 1.00 bits per heavy atom. The van der Waals surface area contributed by atoms with Gasteiger partial charge in [0.15, 0.2) is 11.5 Å². The maximum absolute atomic E-state index is 5.50. The van der Waals surface area contributed by atoms with Gasteiger partial charge in [-0.25, -0.2) is 4.98 Å². The molecular weight excluding hydrogens is 328 g/mol. The third-order valence-corrected chi connectivity index (χ3v) is 5.14. The van der Waals surface area contributed by atoms with Crippen LogP contribution in [0.25, 0.3) is 11.4 Å². The molecule has 1 N–H and O–H groups in total. The quantitative estimate of drug-likeness (QED) is 0.784. The molecule has 4 heterocycles. The van der Waals surface area contributed by atoms with Crippen molar-refractivity contribution in [3.63, 3.8) is 0 Å². The molecule has 0 radical (unpaired) electrons. The molecule has 1 saturated heterocycles. The van der Waals surface area contributed by atoms with Gasteiger partial charge >= 0.3 is 0 Å². The first-order valence-electron chi connectivity index (χ1n) is 8.98. The number of nitrogens with one attached hydrogen (secondary N) is 1. The number of anilines is 1. The largest absolute Gasteiger partial charge is 0.454 e. The Bertz CT molecular complexity index is 901. The molecule has 2 aliphatic heterocycles. The highest BCUT2D eigenvalue weighted by Crippen LogP contribution is 2.37. The predicted molar refractivity (Wildman–Crippen MR) is 98.6 cm³/mol. The minimum Gasteiger partial charge on any atom is -0.454 e. The topological polar surface area (TPSA) is 63.3 Å². The van der Waals surface area contributed by atoms with Gasteiger partial charge in [0.25, 0.3) is 0 Å². The molecule has 0 aliphatic carbocycles. The molecule has 2 aliphatic rings. The summed E-state index contributed by atoms with van der Waals surface area (Å²) in [5, 5.41) is 0. The summed E-state index contributed by atoms with van der Waals surface area (Å²) in [5.41, 5.74) is 3.11. The van der Waals surface area contributed by atoms with Crippen LogP contribution in [0.4, 0.5) is 5.69 Å². The molecule has 26 heavy (non-hydrogen) atoms. The van der Waals surface area contributed by atoms with E-state index in [0.717, 1.165) is 54.6 Å². The molecular formula is C20H20N4O2. The van der Waals surface area contributed by atoms with Crippen molar-refractivity contribution in [2.24, 2.45) is 0 Å². The van der Waals surface area contributed by atoms with E-state index in [1.165, 1.54) is 5.69 Å². The molecule has 0 saturated carbocycles. The van der Waals surface area contributed by atoms with E-state index in [-0.39, 0.29) is 0 Å². The third kappa shape index (κ3) is 2.77. The fraction of sp³-hybridized carbons (Fsp3) is 0.300. The van der Waals surface area contributed by atoms with Crippen LogP contribution in [0.15, 0.2) is 48.8 Å². The van der Waals surface area contributed by atoms with E-state index in [1.807, 2.05) is 30.5 Å². The van der Waals surface area contributed by atoms with Crippen molar-refractivity contribution in [3.8, 4) is 22.9 Å². The summed E-state index contributed by atoms with van der Waals surface area (Å²) in [6, 6.07) is 12.1. The van der Waals surface area contributed by atoms with Crippen molar-refractivity contribution in [1.82, 2.24) is 15.0 Å². The molecule has 1 aromatic carbocycles. The van der Waals surface area contributed by atoms with Gasteiger partial charge in [-0.15, -0.1) is 0 Å². The highest BCUT2D eigenvalue weighted by atomic mass is 16.7. The highest BCUT2D eigenvalue weighted by Gasteiger charge is 2.24. The first kappa shape index (κ1) is 15.3. The summed E-state index contributed by atoms with van der Waals surface area (Å²) >= 11 is 0. The first-order valence-corrected chi connectivity index (χ1v) is 8.98. The summed E-state index contributed by atoms with van der Waals surface area (Å²) < 4.78 is 10.9. The zero-order valence-corrected chi connectivity index (χ0v) is 14.4. The number of H-pyrrole nitrogens is 1. The molecule has 3 aromatic rings. The Morgan fingerprint density at radius 2 is 1.88 bits per heavy atom. The Balaban J connectivity index is 1.27. The molecule has 6 nitrogen and oxygen atoms in total. The summed E-state index contributed by atoms with van der Waals surface area (Å²) in [5.74, 6) is 3.20. The van der Waals surface area contributed by atoms with Crippen LogP contribution in [-0.2, 0) is 0 Å². The number of hydrogen-bond acceptors (Lipinski definition) is 5. The summed E-state index contributed by atoms with van der Waals surface area (Å²) in [4.78, 5) is 14.9. The van der Waals surface area contributed by atoms with Gasteiger partial charge < -0.3 is 19.4 Å². The van der Waals surface area contributed by atoms with Crippen LogP contribution < -0.4 is 14.4 Å². The number of aromatic nitrogens is 3. The zero-order chi connectivity index (χ0) is 17.3. The van der Waals surface area contributed by atoms with Crippen molar-refractivity contribution in [3.05, 3.63) is 54.6 Å². The molecule has 0 atom stereocenters. The van der Waals surface area contributed by atoms with E-state index >= 15 is 0 Å².